The Bertz CT molecular complexity index is 1460. The summed E-state index contributed by atoms with van der Waals surface area (Å²) in [6.45, 7) is 11.8. The molecule has 0 aliphatic heterocycles. The van der Waals surface area contributed by atoms with Gasteiger partial charge in [0.25, 0.3) is 5.91 Å². The predicted octanol–water partition coefficient (Wildman–Crippen LogP) is 4.24. The first kappa shape index (κ1) is 43.2. The highest BCUT2D eigenvalue weighted by molar-refractivity contribution is 5.96. The van der Waals surface area contributed by atoms with Crippen LogP contribution in [0.5, 0.6) is 0 Å². The molecule has 286 valence electrons. The molecular formula is C38H56N6O8. The quantitative estimate of drug-likeness (QED) is 0.0502. The van der Waals surface area contributed by atoms with Crippen LogP contribution in [-0.2, 0) is 35.1 Å². The average molecular weight is 725 g/mol. The number of carbonyl (C=O) groups excluding carboxylic acids is 5. The second-order valence-electron chi connectivity index (χ2n) is 13.0. The predicted molar refractivity (Wildman–Crippen MR) is 198 cm³/mol. The first-order valence-corrected chi connectivity index (χ1v) is 17.9. The number of nitrogens with one attached hydrogen (secondary N) is 3. The van der Waals surface area contributed by atoms with E-state index < -0.39 is 47.3 Å². The number of esters is 2. The third-order valence-corrected chi connectivity index (χ3v) is 7.63. The molecule has 2 amide bonds. The normalized spacial score (nSPS) is 12.6. The van der Waals surface area contributed by atoms with E-state index in [1.54, 1.807) is 41.5 Å². The van der Waals surface area contributed by atoms with Gasteiger partial charge in [0.15, 0.2) is 0 Å². The Balaban J connectivity index is 2.08. The standard InChI is InChI=1S/C38H56N6O8/c1-7-40-37(39)44(8-2)52-36(49)31(20-13-14-25-41-43-34(47)28-21-23-29(24-22-28)35(48)50-9-3)42-33(46)30(26-32(45)51-38(4,5)6)19-15-18-27-16-11-10-12-17-27/h10-12,16-17,21-24,30-31,41H,7-9,13-15,18-20,25-26H2,1-6H3,(H2,39,40)(H,42,46)(H,43,47)/t30-,31+/m1/s1. The summed E-state index contributed by atoms with van der Waals surface area (Å²) in [5, 5.41) is 4.00. The molecule has 14 heteroatoms. The first-order chi connectivity index (χ1) is 24.8. The maximum Gasteiger partial charge on any atom is 0.354 e. The summed E-state index contributed by atoms with van der Waals surface area (Å²) in [5.41, 5.74) is 12.6. The Morgan fingerprint density at radius 3 is 2.17 bits per heavy atom. The number of hydrogen-bond acceptors (Lipinski definition) is 10. The number of rotatable bonds is 20. The Morgan fingerprint density at radius 1 is 0.885 bits per heavy atom. The van der Waals surface area contributed by atoms with E-state index in [0.29, 0.717) is 56.3 Å². The first-order valence-electron chi connectivity index (χ1n) is 17.9. The topological polar surface area (TPSA) is 191 Å². The van der Waals surface area contributed by atoms with Crippen molar-refractivity contribution in [3.8, 4) is 0 Å². The number of hydrogen-bond donors (Lipinski definition) is 4. The average Bonchev–Trinajstić information content (AvgIpc) is 3.10. The largest absolute Gasteiger partial charge is 0.462 e. The van der Waals surface area contributed by atoms with E-state index in [-0.39, 0.29) is 32.0 Å². The lowest BCUT2D eigenvalue weighted by molar-refractivity contribution is -0.176. The maximum absolute atomic E-state index is 13.8. The summed E-state index contributed by atoms with van der Waals surface area (Å²) in [6.07, 6.45) is 2.81. The number of ether oxygens (including phenoxy) is 2. The number of unbranched alkanes of at least 4 members (excludes halogenated alkanes) is 1. The molecule has 0 saturated heterocycles. The van der Waals surface area contributed by atoms with Crippen LogP contribution in [0.4, 0.5) is 0 Å². The van der Waals surface area contributed by atoms with Gasteiger partial charge in [-0.05, 0) is 110 Å². The SMILES string of the molecule is CCN=C(N)N(CC)OC(=O)[C@H](CCCCNNC(=O)c1ccc(C(=O)OCC)cc1)NC(=O)[C@H](CCCc1ccccc1)CC(=O)OC(C)(C)C. The zero-order valence-electron chi connectivity index (χ0n) is 31.4. The van der Waals surface area contributed by atoms with Crippen molar-refractivity contribution in [2.24, 2.45) is 16.6 Å². The van der Waals surface area contributed by atoms with Gasteiger partial charge in [-0.25, -0.2) is 15.0 Å². The molecule has 0 bridgehead atoms. The van der Waals surface area contributed by atoms with Crippen LogP contribution in [0.3, 0.4) is 0 Å². The Hall–Kier alpha value is -4.98. The fourth-order valence-electron chi connectivity index (χ4n) is 5.08. The summed E-state index contributed by atoms with van der Waals surface area (Å²) in [6, 6.07) is 14.9. The van der Waals surface area contributed by atoms with E-state index in [0.717, 1.165) is 5.56 Å². The molecule has 52 heavy (non-hydrogen) atoms. The number of nitrogens with zero attached hydrogens (tertiary/aromatic N) is 2. The molecular weight excluding hydrogens is 668 g/mol. The number of carbonyl (C=O) groups is 5. The molecule has 0 spiro atoms. The fraction of sp³-hybridized carbons (Fsp3) is 0.526. The van der Waals surface area contributed by atoms with Gasteiger partial charge in [-0.3, -0.25) is 24.8 Å². The summed E-state index contributed by atoms with van der Waals surface area (Å²) in [4.78, 5) is 74.2. The smallest absolute Gasteiger partial charge is 0.354 e. The van der Waals surface area contributed by atoms with Crippen molar-refractivity contribution in [3.05, 3.63) is 71.3 Å². The number of amides is 2. The zero-order valence-corrected chi connectivity index (χ0v) is 31.4. The van der Waals surface area contributed by atoms with Crippen molar-refractivity contribution in [3.63, 3.8) is 0 Å². The Morgan fingerprint density at radius 2 is 1.56 bits per heavy atom. The van der Waals surface area contributed by atoms with Crippen LogP contribution in [0.25, 0.3) is 0 Å². The van der Waals surface area contributed by atoms with Crippen LogP contribution < -0.4 is 21.9 Å². The Labute approximate surface area is 307 Å². The Kier molecular flexibility index (Phi) is 18.9. The summed E-state index contributed by atoms with van der Waals surface area (Å²) >= 11 is 0. The van der Waals surface area contributed by atoms with Gasteiger partial charge in [-0.2, -0.15) is 5.06 Å². The molecule has 0 unspecified atom stereocenters. The fourth-order valence-corrected chi connectivity index (χ4v) is 5.08. The van der Waals surface area contributed by atoms with E-state index in [2.05, 4.69) is 21.2 Å². The lowest BCUT2D eigenvalue weighted by atomic mass is 9.95. The van der Waals surface area contributed by atoms with Crippen LogP contribution in [-0.4, -0.2) is 78.6 Å². The third kappa shape index (κ3) is 16.4. The number of benzene rings is 2. The minimum atomic E-state index is -1.06. The second-order valence-corrected chi connectivity index (χ2v) is 13.0. The molecule has 5 N–H and O–H groups in total. The molecule has 2 aromatic carbocycles. The molecule has 0 saturated carbocycles. The molecule has 2 rings (SSSR count). The summed E-state index contributed by atoms with van der Waals surface area (Å²) in [5.74, 6) is -3.26. The van der Waals surface area contributed by atoms with E-state index in [9.17, 15) is 24.0 Å². The lowest BCUT2D eigenvalue weighted by Gasteiger charge is -2.26. The molecule has 0 radical (unpaired) electrons. The molecule has 0 aliphatic rings. The van der Waals surface area contributed by atoms with Gasteiger partial charge in [-0.1, -0.05) is 30.3 Å². The van der Waals surface area contributed by atoms with Gasteiger partial charge in [0.2, 0.25) is 11.9 Å². The number of guanidine groups is 1. The van der Waals surface area contributed by atoms with Gasteiger partial charge in [-0.15, -0.1) is 0 Å². The number of aliphatic imine (C=N–C) groups is 1. The summed E-state index contributed by atoms with van der Waals surface area (Å²) < 4.78 is 10.5. The lowest BCUT2D eigenvalue weighted by Crippen LogP contribution is -2.48. The molecule has 0 aliphatic carbocycles. The van der Waals surface area contributed by atoms with E-state index in [4.69, 9.17) is 20.0 Å². The molecule has 2 aromatic rings. The second kappa shape index (κ2) is 22.8. The van der Waals surface area contributed by atoms with Crippen molar-refractivity contribution in [1.29, 1.82) is 0 Å². The van der Waals surface area contributed by atoms with E-state index in [1.807, 2.05) is 30.3 Å². The minimum Gasteiger partial charge on any atom is -0.462 e. The van der Waals surface area contributed by atoms with Crippen LogP contribution in [0.1, 0.15) is 106 Å². The summed E-state index contributed by atoms with van der Waals surface area (Å²) in [7, 11) is 0. The molecule has 14 nitrogen and oxygen atoms in total. The van der Waals surface area contributed by atoms with Gasteiger partial charge in [0.1, 0.15) is 11.6 Å². The van der Waals surface area contributed by atoms with E-state index >= 15 is 0 Å². The van der Waals surface area contributed by atoms with Crippen LogP contribution >= 0.6 is 0 Å². The number of hydroxylamine groups is 2. The minimum absolute atomic E-state index is 0.0302. The van der Waals surface area contributed by atoms with Crippen molar-refractivity contribution in [2.75, 3.05) is 26.2 Å². The van der Waals surface area contributed by atoms with Gasteiger partial charge < -0.3 is 25.4 Å². The number of nitrogens with two attached hydrogens (primary N) is 1. The monoisotopic (exact) mass is 724 g/mol. The number of hydrazine groups is 1. The van der Waals surface area contributed by atoms with E-state index in [1.165, 1.54) is 29.3 Å². The van der Waals surface area contributed by atoms with Gasteiger partial charge in [0, 0.05) is 24.6 Å². The van der Waals surface area contributed by atoms with Crippen LogP contribution in [0, 0.1) is 5.92 Å². The molecule has 0 heterocycles. The van der Waals surface area contributed by atoms with Crippen LogP contribution in [0.2, 0.25) is 0 Å². The van der Waals surface area contributed by atoms with Crippen molar-refractivity contribution >= 4 is 35.7 Å². The van der Waals surface area contributed by atoms with Gasteiger partial charge >= 0.3 is 17.9 Å². The third-order valence-electron chi connectivity index (χ3n) is 7.63. The molecule has 2 atom stereocenters. The molecule has 0 aromatic heterocycles. The van der Waals surface area contributed by atoms with Gasteiger partial charge in [0.05, 0.1) is 25.1 Å². The van der Waals surface area contributed by atoms with Crippen molar-refractivity contribution in [1.82, 2.24) is 21.2 Å². The maximum atomic E-state index is 13.8. The highest BCUT2D eigenvalue weighted by atomic mass is 16.7. The highest BCUT2D eigenvalue weighted by Gasteiger charge is 2.31. The zero-order chi connectivity index (χ0) is 38.5. The van der Waals surface area contributed by atoms with Crippen molar-refractivity contribution in [2.45, 2.75) is 98.1 Å². The molecule has 0 fully saturated rings. The van der Waals surface area contributed by atoms with Crippen molar-refractivity contribution < 1.29 is 38.3 Å². The highest BCUT2D eigenvalue weighted by Crippen LogP contribution is 2.19. The van der Waals surface area contributed by atoms with Crippen LogP contribution in [0.15, 0.2) is 59.6 Å². The number of aryl methyl sites for hydroxylation is 1.